The van der Waals surface area contributed by atoms with Gasteiger partial charge in [-0.25, -0.2) is 0 Å². The standard InChI is InChI=1S/C13H10BrClF3NS/c1-7-2-3-8(13(16,17)18)4-11(7)19-6-9-5-10(14)12(15)20-9/h2-5,19H,6H2,1H3. The molecular weight excluding hydrogens is 375 g/mol. The SMILES string of the molecule is Cc1ccc(C(F)(F)F)cc1NCc1cc(Br)c(Cl)s1. The minimum atomic E-state index is -4.33. The molecule has 2 aromatic rings. The van der Waals surface area contributed by atoms with Crippen LogP contribution in [0.3, 0.4) is 0 Å². The number of aryl methyl sites for hydroxylation is 1. The predicted molar refractivity (Wildman–Crippen MR) is 80.5 cm³/mol. The van der Waals surface area contributed by atoms with Gasteiger partial charge in [0, 0.05) is 21.6 Å². The Bertz CT molecular complexity index is 605. The van der Waals surface area contributed by atoms with Crippen molar-refractivity contribution in [1.82, 2.24) is 0 Å². The van der Waals surface area contributed by atoms with Crippen molar-refractivity contribution in [3.63, 3.8) is 0 Å². The van der Waals surface area contributed by atoms with Crippen LogP contribution < -0.4 is 5.32 Å². The third kappa shape index (κ3) is 3.68. The zero-order chi connectivity index (χ0) is 14.9. The van der Waals surface area contributed by atoms with E-state index in [4.69, 9.17) is 11.6 Å². The summed E-state index contributed by atoms with van der Waals surface area (Å²) in [6.45, 7) is 2.19. The van der Waals surface area contributed by atoms with Crippen molar-refractivity contribution in [2.24, 2.45) is 0 Å². The summed E-state index contributed by atoms with van der Waals surface area (Å²) in [5.41, 5.74) is 0.580. The molecule has 0 saturated heterocycles. The van der Waals surface area contributed by atoms with Crippen LogP contribution >= 0.6 is 38.9 Å². The lowest BCUT2D eigenvalue weighted by Crippen LogP contribution is -2.07. The smallest absolute Gasteiger partial charge is 0.380 e. The van der Waals surface area contributed by atoms with Crippen LogP contribution in [-0.2, 0) is 12.7 Å². The highest BCUT2D eigenvalue weighted by Gasteiger charge is 2.30. The van der Waals surface area contributed by atoms with Crippen molar-refractivity contribution in [3.8, 4) is 0 Å². The molecule has 0 unspecified atom stereocenters. The van der Waals surface area contributed by atoms with Gasteiger partial charge in [-0.15, -0.1) is 11.3 Å². The number of benzene rings is 1. The van der Waals surface area contributed by atoms with Crippen LogP contribution in [0, 0.1) is 6.92 Å². The molecule has 1 aromatic heterocycles. The van der Waals surface area contributed by atoms with Crippen LogP contribution in [0.15, 0.2) is 28.7 Å². The molecule has 1 nitrogen and oxygen atoms in total. The van der Waals surface area contributed by atoms with Gasteiger partial charge in [0.05, 0.1) is 5.56 Å². The number of rotatable bonds is 3. The topological polar surface area (TPSA) is 12.0 Å². The van der Waals surface area contributed by atoms with Gasteiger partial charge < -0.3 is 5.32 Å². The second-order valence-corrected chi connectivity index (χ2v) is 6.81. The summed E-state index contributed by atoms with van der Waals surface area (Å²) < 4.78 is 39.4. The molecule has 20 heavy (non-hydrogen) atoms. The third-order valence-corrected chi connectivity index (χ3v) is 5.19. The Labute approximate surface area is 131 Å². The molecule has 0 amide bonds. The van der Waals surface area contributed by atoms with Crippen molar-refractivity contribution < 1.29 is 13.2 Å². The molecule has 0 bridgehead atoms. The van der Waals surface area contributed by atoms with E-state index in [1.807, 2.05) is 6.07 Å². The van der Waals surface area contributed by atoms with E-state index in [1.165, 1.54) is 17.4 Å². The van der Waals surface area contributed by atoms with Gasteiger partial charge in [0.2, 0.25) is 0 Å². The Morgan fingerprint density at radius 2 is 2.00 bits per heavy atom. The summed E-state index contributed by atoms with van der Waals surface area (Å²) in [6.07, 6.45) is -4.33. The number of thiophene rings is 1. The highest BCUT2D eigenvalue weighted by atomic mass is 79.9. The molecule has 1 N–H and O–H groups in total. The van der Waals surface area contributed by atoms with Crippen molar-refractivity contribution in [1.29, 1.82) is 0 Å². The fourth-order valence-electron chi connectivity index (χ4n) is 1.65. The van der Waals surface area contributed by atoms with E-state index in [2.05, 4.69) is 21.2 Å². The van der Waals surface area contributed by atoms with Gasteiger partial charge in [-0.1, -0.05) is 17.7 Å². The molecule has 0 atom stereocenters. The number of nitrogens with one attached hydrogen (secondary N) is 1. The molecule has 0 aliphatic heterocycles. The summed E-state index contributed by atoms with van der Waals surface area (Å²) in [6, 6.07) is 5.52. The first kappa shape index (κ1) is 15.7. The predicted octanol–water partition coefficient (Wildman–Crippen LogP) is 6.10. The molecule has 7 heteroatoms. The quantitative estimate of drug-likeness (QED) is 0.674. The van der Waals surface area contributed by atoms with Crippen molar-refractivity contribution in [2.45, 2.75) is 19.6 Å². The van der Waals surface area contributed by atoms with Crippen LogP contribution in [0.4, 0.5) is 18.9 Å². The highest BCUT2D eigenvalue weighted by molar-refractivity contribution is 9.10. The van der Waals surface area contributed by atoms with Crippen LogP contribution in [0.5, 0.6) is 0 Å². The average Bonchev–Trinajstić information content (AvgIpc) is 2.66. The lowest BCUT2D eigenvalue weighted by Gasteiger charge is -2.12. The number of anilines is 1. The van der Waals surface area contributed by atoms with Crippen molar-refractivity contribution >= 4 is 44.6 Å². The zero-order valence-corrected chi connectivity index (χ0v) is 13.5. The van der Waals surface area contributed by atoms with E-state index >= 15 is 0 Å². The molecule has 0 spiro atoms. The first-order valence-electron chi connectivity index (χ1n) is 5.63. The third-order valence-electron chi connectivity index (χ3n) is 2.71. The molecule has 108 valence electrons. The van der Waals surface area contributed by atoms with Gasteiger partial charge in [-0.3, -0.25) is 0 Å². The summed E-state index contributed by atoms with van der Waals surface area (Å²) >= 11 is 10.6. The highest BCUT2D eigenvalue weighted by Crippen LogP contribution is 2.34. The van der Waals surface area contributed by atoms with E-state index in [0.29, 0.717) is 16.6 Å². The van der Waals surface area contributed by atoms with Gasteiger partial charge in [0.15, 0.2) is 0 Å². The molecule has 0 aliphatic carbocycles. The first-order valence-corrected chi connectivity index (χ1v) is 7.61. The molecule has 0 radical (unpaired) electrons. The number of hydrogen-bond donors (Lipinski definition) is 1. The lowest BCUT2D eigenvalue weighted by molar-refractivity contribution is -0.137. The second kappa shape index (κ2) is 5.95. The second-order valence-electron chi connectivity index (χ2n) is 4.22. The van der Waals surface area contributed by atoms with E-state index in [9.17, 15) is 13.2 Å². The fourth-order valence-corrected chi connectivity index (χ4v) is 3.38. The van der Waals surface area contributed by atoms with E-state index in [1.54, 1.807) is 6.92 Å². The number of alkyl halides is 3. The van der Waals surface area contributed by atoms with Gasteiger partial charge in [-0.2, -0.15) is 13.2 Å². The summed E-state index contributed by atoms with van der Waals surface area (Å²) in [5, 5.41) is 3.01. The van der Waals surface area contributed by atoms with Crippen LogP contribution in [0.1, 0.15) is 16.0 Å². The molecule has 0 fully saturated rings. The molecule has 1 heterocycles. The summed E-state index contributed by atoms with van der Waals surface area (Å²) in [7, 11) is 0. The van der Waals surface area contributed by atoms with Gasteiger partial charge in [0.1, 0.15) is 4.34 Å². The largest absolute Gasteiger partial charge is 0.416 e. The number of halogens is 5. The Hall–Kier alpha value is -0.720. The van der Waals surface area contributed by atoms with Gasteiger partial charge in [0.25, 0.3) is 0 Å². The normalized spacial score (nSPS) is 11.7. The van der Waals surface area contributed by atoms with E-state index in [-0.39, 0.29) is 0 Å². The maximum absolute atomic E-state index is 12.7. The lowest BCUT2D eigenvalue weighted by atomic mass is 10.1. The number of hydrogen-bond acceptors (Lipinski definition) is 2. The van der Waals surface area contributed by atoms with Crippen LogP contribution in [0.2, 0.25) is 4.34 Å². The molecule has 2 rings (SSSR count). The molecule has 0 saturated carbocycles. The van der Waals surface area contributed by atoms with Crippen LogP contribution in [0.25, 0.3) is 0 Å². The minimum absolute atomic E-state index is 0.429. The summed E-state index contributed by atoms with van der Waals surface area (Å²) in [4.78, 5) is 0.943. The monoisotopic (exact) mass is 383 g/mol. The Balaban J connectivity index is 2.16. The first-order chi connectivity index (χ1) is 9.27. The Morgan fingerprint density at radius 3 is 2.55 bits per heavy atom. The Kier molecular flexibility index (Phi) is 4.66. The van der Waals surface area contributed by atoms with Crippen LogP contribution in [-0.4, -0.2) is 0 Å². The van der Waals surface area contributed by atoms with Crippen molar-refractivity contribution in [2.75, 3.05) is 5.32 Å². The maximum atomic E-state index is 12.7. The molecule has 1 aromatic carbocycles. The molecule has 0 aliphatic rings. The minimum Gasteiger partial charge on any atom is -0.380 e. The fraction of sp³-hybridized carbons (Fsp3) is 0.231. The van der Waals surface area contributed by atoms with Gasteiger partial charge in [-0.05, 0) is 46.6 Å². The van der Waals surface area contributed by atoms with Crippen molar-refractivity contribution in [3.05, 3.63) is 49.1 Å². The van der Waals surface area contributed by atoms with E-state index in [0.717, 1.165) is 27.0 Å². The van der Waals surface area contributed by atoms with E-state index < -0.39 is 11.7 Å². The zero-order valence-electron chi connectivity index (χ0n) is 10.3. The Morgan fingerprint density at radius 1 is 1.30 bits per heavy atom. The maximum Gasteiger partial charge on any atom is 0.416 e. The average molecular weight is 385 g/mol. The molecular formula is C13H10BrClF3NS. The van der Waals surface area contributed by atoms with Gasteiger partial charge >= 0.3 is 6.18 Å². The summed E-state index contributed by atoms with van der Waals surface area (Å²) in [5.74, 6) is 0.